The van der Waals surface area contributed by atoms with Crippen LogP contribution in [0.15, 0.2) is 0 Å². The molecule has 0 fully saturated rings. The molecular weight excluding hydrogens is 196 g/mol. The predicted octanol–water partition coefficient (Wildman–Crippen LogP) is -0.766. The quantitative estimate of drug-likeness (QED) is 0.472. The van der Waals surface area contributed by atoms with E-state index in [9.17, 15) is 4.79 Å². The maximum Gasteiger partial charge on any atom is 0.221 e. The lowest BCUT2D eigenvalue weighted by molar-refractivity contribution is -0.122. The minimum atomic E-state index is -0.549. The highest BCUT2D eigenvalue weighted by Crippen LogP contribution is 1.97. The van der Waals surface area contributed by atoms with Crippen LogP contribution in [0.4, 0.5) is 0 Å². The molecule has 0 aromatic heterocycles. The minimum Gasteiger partial charge on any atom is -0.394 e. The molecule has 0 spiro atoms. The van der Waals surface area contributed by atoms with Gasteiger partial charge in [-0.2, -0.15) is 0 Å². The van der Waals surface area contributed by atoms with Crippen molar-refractivity contribution in [2.24, 2.45) is 0 Å². The molecule has 0 aromatic rings. The van der Waals surface area contributed by atoms with E-state index in [1.165, 1.54) is 0 Å². The molecule has 15 heavy (non-hydrogen) atoms. The lowest BCUT2D eigenvalue weighted by Crippen LogP contribution is -2.43. The number of hydrogen-bond acceptors (Lipinski definition) is 4. The van der Waals surface area contributed by atoms with Gasteiger partial charge in [0.25, 0.3) is 0 Å². The van der Waals surface area contributed by atoms with E-state index >= 15 is 0 Å². The zero-order chi connectivity index (χ0) is 11.9. The summed E-state index contributed by atoms with van der Waals surface area (Å²) >= 11 is 0. The van der Waals surface area contributed by atoms with Crippen LogP contribution >= 0.6 is 0 Å². The molecular formula is C10H22N2O3. The minimum absolute atomic E-state index is 0.00631. The predicted molar refractivity (Wildman–Crippen MR) is 58.5 cm³/mol. The number of aliphatic hydroxyl groups excluding tert-OH is 2. The fourth-order valence-corrected chi connectivity index (χ4v) is 1.000. The molecule has 0 heterocycles. The molecule has 5 heteroatoms. The molecule has 0 saturated carbocycles. The second-order valence-electron chi connectivity index (χ2n) is 4.56. The molecule has 4 N–H and O–H groups in total. The lowest BCUT2D eigenvalue weighted by atomic mass is 10.1. The Kier molecular flexibility index (Phi) is 6.47. The molecule has 90 valence electrons. The van der Waals surface area contributed by atoms with Crippen molar-refractivity contribution in [3.63, 3.8) is 0 Å². The van der Waals surface area contributed by atoms with Gasteiger partial charge in [-0.05, 0) is 20.8 Å². The fourth-order valence-electron chi connectivity index (χ4n) is 1.000. The van der Waals surface area contributed by atoms with Gasteiger partial charge in [0.2, 0.25) is 5.91 Å². The Bertz CT molecular complexity index is 186. The number of carbonyl (C=O) groups is 1. The molecule has 0 atom stereocenters. The average molecular weight is 218 g/mol. The SMILES string of the molecule is CC(C)(C)NCCC(=O)NC(CO)CO. The first-order valence-corrected chi connectivity index (χ1v) is 5.15. The molecule has 5 nitrogen and oxygen atoms in total. The summed E-state index contributed by atoms with van der Waals surface area (Å²) in [5.41, 5.74) is -0.00631. The first-order valence-electron chi connectivity index (χ1n) is 5.15. The lowest BCUT2D eigenvalue weighted by Gasteiger charge is -2.20. The maximum atomic E-state index is 11.3. The van der Waals surface area contributed by atoms with Gasteiger partial charge in [-0.25, -0.2) is 0 Å². The van der Waals surface area contributed by atoms with Crippen LogP contribution in [0.2, 0.25) is 0 Å². The van der Waals surface area contributed by atoms with E-state index in [2.05, 4.69) is 10.6 Å². The molecule has 0 aliphatic rings. The molecule has 1 amide bonds. The fraction of sp³-hybridized carbons (Fsp3) is 0.900. The van der Waals surface area contributed by atoms with Crippen molar-refractivity contribution in [1.29, 1.82) is 0 Å². The summed E-state index contributed by atoms with van der Waals surface area (Å²) in [7, 11) is 0. The zero-order valence-corrected chi connectivity index (χ0v) is 9.71. The largest absolute Gasteiger partial charge is 0.394 e. The first-order chi connectivity index (χ1) is 6.89. The molecule has 0 radical (unpaired) electrons. The van der Waals surface area contributed by atoms with Gasteiger partial charge in [0, 0.05) is 18.5 Å². The number of aliphatic hydroxyl groups is 2. The van der Waals surface area contributed by atoms with E-state index in [0.717, 1.165) is 0 Å². The Morgan fingerprint density at radius 2 is 1.80 bits per heavy atom. The normalized spacial score (nSPS) is 11.9. The topological polar surface area (TPSA) is 81.6 Å². The molecule has 0 bridgehead atoms. The average Bonchev–Trinajstić information content (AvgIpc) is 2.12. The van der Waals surface area contributed by atoms with Crippen molar-refractivity contribution in [2.45, 2.75) is 38.8 Å². The summed E-state index contributed by atoms with van der Waals surface area (Å²) in [6.45, 7) is 6.17. The van der Waals surface area contributed by atoms with E-state index in [1.54, 1.807) is 0 Å². The molecule has 0 saturated heterocycles. The van der Waals surface area contributed by atoms with Crippen LogP contribution in [0.1, 0.15) is 27.2 Å². The monoisotopic (exact) mass is 218 g/mol. The van der Waals surface area contributed by atoms with E-state index in [0.29, 0.717) is 13.0 Å². The summed E-state index contributed by atoms with van der Waals surface area (Å²) in [5.74, 6) is -0.167. The Labute approximate surface area is 90.9 Å². The van der Waals surface area contributed by atoms with Crippen molar-refractivity contribution in [3.8, 4) is 0 Å². The molecule has 0 rings (SSSR count). The third-order valence-electron chi connectivity index (χ3n) is 1.81. The van der Waals surface area contributed by atoms with Crippen molar-refractivity contribution >= 4 is 5.91 Å². The Morgan fingerprint density at radius 1 is 1.27 bits per heavy atom. The van der Waals surface area contributed by atoms with Crippen molar-refractivity contribution < 1.29 is 15.0 Å². The Hall–Kier alpha value is -0.650. The number of nitrogens with one attached hydrogen (secondary N) is 2. The van der Waals surface area contributed by atoms with Gasteiger partial charge in [0.1, 0.15) is 0 Å². The van der Waals surface area contributed by atoms with Crippen LogP contribution in [0.3, 0.4) is 0 Å². The summed E-state index contributed by atoms with van der Waals surface area (Å²) < 4.78 is 0. The van der Waals surface area contributed by atoms with Gasteiger partial charge in [-0.15, -0.1) is 0 Å². The van der Waals surface area contributed by atoms with Crippen LogP contribution in [-0.4, -0.2) is 47.5 Å². The zero-order valence-electron chi connectivity index (χ0n) is 9.71. The van der Waals surface area contributed by atoms with Crippen LogP contribution in [0, 0.1) is 0 Å². The Balaban J connectivity index is 3.66. The van der Waals surface area contributed by atoms with Gasteiger partial charge in [0.15, 0.2) is 0 Å². The summed E-state index contributed by atoms with van der Waals surface area (Å²) in [4.78, 5) is 11.3. The summed E-state index contributed by atoms with van der Waals surface area (Å²) in [6.07, 6.45) is 0.341. The standard InChI is InChI=1S/C10H22N2O3/c1-10(2,3)11-5-4-9(15)12-8(6-13)7-14/h8,11,13-14H,4-7H2,1-3H3,(H,12,15). The number of carbonyl (C=O) groups excluding carboxylic acids is 1. The van der Waals surface area contributed by atoms with Crippen molar-refractivity contribution in [2.75, 3.05) is 19.8 Å². The highest BCUT2D eigenvalue weighted by molar-refractivity contribution is 5.76. The molecule has 0 aliphatic heterocycles. The number of hydrogen-bond donors (Lipinski definition) is 4. The summed E-state index contributed by atoms with van der Waals surface area (Å²) in [6, 6.07) is -0.549. The van der Waals surface area contributed by atoms with E-state index < -0.39 is 6.04 Å². The van der Waals surface area contributed by atoms with Gasteiger partial charge >= 0.3 is 0 Å². The van der Waals surface area contributed by atoms with Gasteiger partial charge in [0.05, 0.1) is 19.3 Å². The third-order valence-corrected chi connectivity index (χ3v) is 1.81. The molecule has 0 aromatic carbocycles. The highest BCUT2D eigenvalue weighted by Gasteiger charge is 2.12. The molecule has 0 aliphatic carbocycles. The van der Waals surface area contributed by atoms with Crippen molar-refractivity contribution in [1.82, 2.24) is 10.6 Å². The first kappa shape index (κ1) is 14.3. The van der Waals surface area contributed by atoms with Gasteiger partial charge in [-0.3, -0.25) is 4.79 Å². The third kappa shape index (κ3) is 8.35. The molecule has 0 unspecified atom stereocenters. The van der Waals surface area contributed by atoms with Crippen LogP contribution in [0.5, 0.6) is 0 Å². The van der Waals surface area contributed by atoms with Gasteiger partial charge in [-0.1, -0.05) is 0 Å². The van der Waals surface area contributed by atoms with Crippen molar-refractivity contribution in [3.05, 3.63) is 0 Å². The smallest absolute Gasteiger partial charge is 0.221 e. The van der Waals surface area contributed by atoms with E-state index in [1.807, 2.05) is 20.8 Å². The van der Waals surface area contributed by atoms with E-state index in [4.69, 9.17) is 10.2 Å². The maximum absolute atomic E-state index is 11.3. The van der Waals surface area contributed by atoms with Crippen LogP contribution in [-0.2, 0) is 4.79 Å². The highest BCUT2D eigenvalue weighted by atomic mass is 16.3. The second kappa shape index (κ2) is 6.76. The Morgan fingerprint density at radius 3 is 2.20 bits per heavy atom. The second-order valence-corrected chi connectivity index (χ2v) is 4.56. The summed E-state index contributed by atoms with van der Waals surface area (Å²) in [5, 5.41) is 23.2. The van der Waals surface area contributed by atoms with Crippen LogP contribution in [0.25, 0.3) is 0 Å². The number of rotatable bonds is 6. The van der Waals surface area contributed by atoms with Crippen LogP contribution < -0.4 is 10.6 Å². The van der Waals surface area contributed by atoms with Gasteiger partial charge < -0.3 is 20.8 Å². The number of amides is 1. The van der Waals surface area contributed by atoms with E-state index in [-0.39, 0.29) is 24.7 Å².